The number of aryl methyl sites for hydroxylation is 1. The highest BCUT2D eigenvalue weighted by Crippen LogP contribution is 2.22. The zero-order valence-corrected chi connectivity index (χ0v) is 14.0. The van der Waals surface area contributed by atoms with Gasteiger partial charge in [0.05, 0.1) is 0 Å². The van der Waals surface area contributed by atoms with E-state index in [2.05, 4.69) is 24.1 Å². The van der Waals surface area contributed by atoms with Gasteiger partial charge in [0.25, 0.3) is 0 Å². The minimum atomic E-state index is -0.334. The number of hydrogen-bond donors (Lipinski definition) is 0. The van der Waals surface area contributed by atoms with Gasteiger partial charge in [0, 0.05) is 30.6 Å². The lowest BCUT2D eigenvalue weighted by atomic mass is 10.1. The van der Waals surface area contributed by atoms with Crippen molar-refractivity contribution in [2.45, 2.75) is 13.5 Å². The molecule has 0 aliphatic rings. The van der Waals surface area contributed by atoms with Crippen LogP contribution in [0, 0.1) is 6.92 Å². The predicted octanol–water partition coefficient (Wildman–Crippen LogP) is 3.61. The summed E-state index contributed by atoms with van der Waals surface area (Å²) in [5.74, 6) is 0.712. The zero-order valence-electron chi connectivity index (χ0n) is 14.0. The van der Waals surface area contributed by atoms with Gasteiger partial charge in [0.2, 0.25) is 0 Å². The van der Waals surface area contributed by atoms with E-state index >= 15 is 0 Å². The SMILES string of the molecule is Cc1cc(=O)oc2cc(OCCN(C)Cc3ccccc3)ccc12. The molecular formula is C20H21NO3. The molecule has 124 valence electrons. The largest absolute Gasteiger partial charge is 0.492 e. The Hall–Kier alpha value is -2.59. The molecule has 3 rings (SSSR count). The first-order valence-electron chi connectivity index (χ1n) is 8.01. The van der Waals surface area contributed by atoms with Crippen LogP contribution in [0.25, 0.3) is 11.0 Å². The molecule has 0 N–H and O–H groups in total. The van der Waals surface area contributed by atoms with Crippen LogP contribution >= 0.6 is 0 Å². The quantitative estimate of drug-likeness (QED) is 0.650. The number of ether oxygens (including phenoxy) is 1. The fourth-order valence-electron chi connectivity index (χ4n) is 2.69. The highest BCUT2D eigenvalue weighted by molar-refractivity contribution is 5.81. The third kappa shape index (κ3) is 4.03. The molecule has 1 aromatic heterocycles. The van der Waals surface area contributed by atoms with Crippen LogP contribution in [-0.4, -0.2) is 25.1 Å². The molecule has 0 amide bonds. The minimum Gasteiger partial charge on any atom is -0.492 e. The van der Waals surface area contributed by atoms with Gasteiger partial charge in [-0.25, -0.2) is 4.79 Å². The molecular weight excluding hydrogens is 302 g/mol. The molecule has 0 radical (unpaired) electrons. The maximum Gasteiger partial charge on any atom is 0.336 e. The molecule has 4 heteroatoms. The summed E-state index contributed by atoms with van der Waals surface area (Å²) < 4.78 is 11.0. The Morgan fingerprint density at radius 3 is 2.67 bits per heavy atom. The minimum absolute atomic E-state index is 0.334. The van der Waals surface area contributed by atoms with Gasteiger partial charge in [-0.05, 0) is 37.2 Å². The average Bonchev–Trinajstić information content (AvgIpc) is 2.55. The van der Waals surface area contributed by atoms with Gasteiger partial charge in [-0.2, -0.15) is 0 Å². The highest BCUT2D eigenvalue weighted by atomic mass is 16.5. The van der Waals surface area contributed by atoms with Gasteiger partial charge in [-0.15, -0.1) is 0 Å². The number of rotatable bonds is 6. The first-order valence-corrected chi connectivity index (χ1v) is 8.01. The summed E-state index contributed by atoms with van der Waals surface area (Å²) in [7, 11) is 2.07. The zero-order chi connectivity index (χ0) is 16.9. The second-order valence-corrected chi connectivity index (χ2v) is 5.98. The van der Waals surface area contributed by atoms with Crippen LogP contribution in [0.5, 0.6) is 5.75 Å². The van der Waals surface area contributed by atoms with Crippen LogP contribution in [0.15, 0.2) is 63.8 Å². The van der Waals surface area contributed by atoms with Crippen molar-refractivity contribution < 1.29 is 9.15 Å². The number of likely N-dealkylation sites (N-methyl/N-ethyl adjacent to an activating group) is 1. The van der Waals surface area contributed by atoms with Crippen molar-refractivity contribution in [2.75, 3.05) is 20.2 Å². The fourth-order valence-corrected chi connectivity index (χ4v) is 2.69. The van der Waals surface area contributed by atoms with Crippen LogP contribution in [0.2, 0.25) is 0 Å². The molecule has 1 heterocycles. The molecule has 0 fully saturated rings. The molecule has 0 bridgehead atoms. The van der Waals surface area contributed by atoms with Crippen molar-refractivity contribution in [1.82, 2.24) is 4.90 Å². The second-order valence-electron chi connectivity index (χ2n) is 5.98. The molecule has 0 saturated heterocycles. The molecule has 0 aliphatic heterocycles. The van der Waals surface area contributed by atoms with E-state index in [-0.39, 0.29) is 5.63 Å². The molecule has 24 heavy (non-hydrogen) atoms. The molecule has 0 spiro atoms. The molecule has 0 unspecified atom stereocenters. The van der Waals surface area contributed by atoms with Crippen LogP contribution in [0.1, 0.15) is 11.1 Å². The van der Waals surface area contributed by atoms with Gasteiger partial charge < -0.3 is 9.15 Å². The first kappa shape index (κ1) is 16.3. The van der Waals surface area contributed by atoms with Crippen molar-refractivity contribution in [3.8, 4) is 5.75 Å². The van der Waals surface area contributed by atoms with E-state index in [0.717, 1.165) is 24.0 Å². The van der Waals surface area contributed by atoms with Crippen LogP contribution in [0.4, 0.5) is 0 Å². The summed E-state index contributed by atoms with van der Waals surface area (Å²) in [5, 5.41) is 0.933. The summed E-state index contributed by atoms with van der Waals surface area (Å²) in [6.45, 7) is 4.17. The van der Waals surface area contributed by atoms with E-state index < -0.39 is 0 Å². The van der Waals surface area contributed by atoms with E-state index in [1.54, 1.807) is 6.07 Å². The molecule has 0 aliphatic carbocycles. The van der Waals surface area contributed by atoms with Crippen LogP contribution in [-0.2, 0) is 6.54 Å². The highest BCUT2D eigenvalue weighted by Gasteiger charge is 2.05. The summed E-state index contributed by atoms with van der Waals surface area (Å²) in [6, 6.07) is 17.5. The van der Waals surface area contributed by atoms with E-state index in [9.17, 15) is 4.79 Å². The van der Waals surface area contributed by atoms with E-state index in [1.165, 1.54) is 11.6 Å². The maximum absolute atomic E-state index is 11.5. The molecule has 2 aromatic carbocycles. The van der Waals surface area contributed by atoms with Gasteiger partial charge in [-0.3, -0.25) is 4.90 Å². The third-order valence-corrected chi connectivity index (χ3v) is 3.96. The van der Waals surface area contributed by atoms with Gasteiger partial charge >= 0.3 is 5.63 Å². The molecule has 4 nitrogen and oxygen atoms in total. The lowest BCUT2D eigenvalue weighted by molar-refractivity contribution is 0.233. The smallest absolute Gasteiger partial charge is 0.336 e. The van der Waals surface area contributed by atoms with Crippen LogP contribution < -0.4 is 10.4 Å². The van der Waals surface area contributed by atoms with Crippen molar-refractivity contribution in [1.29, 1.82) is 0 Å². The first-order chi connectivity index (χ1) is 11.6. The number of hydrogen-bond acceptors (Lipinski definition) is 4. The topological polar surface area (TPSA) is 42.7 Å². The second kappa shape index (κ2) is 7.32. The van der Waals surface area contributed by atoms with Crippen molar-refractivity contribution in [3.63, 3.8) is 0 Å². The van der Waals surface area contributed by atoms with Crippen LogP contribution in [0.3, 0.4) is 0 Å². The Labute approximate surface area is 141 Å². The Balaban J connectivity index is 1.58. The third-order valence-electron chi connectivity index (χ3n) is 3.96. The summed E-state index contributed by atoms with van der Waals surface area (Å²) >= 11 is 0. The van der Waals surface area contributed by atoms with Crippen molar-refractivity contribution in [3.05, 3.63) is 76.1 Å². The lowest BCUT2D eigenvalue weighted by Crippen LogP contribution is -2.23. The van der Waals surface area contributed by atoms with Gasteiger partial charge in [-0.1, -0.05) is 30.3 Å². The molecule has 0 saturated carbocycles. The number of benzene rings is 2. The standard InChI is InChI=1S/C20H21NO3/c1-15-12-20(22)24-19-13-17(8-9-18(15)19)23-11-10-21(2)14-16-6-4-3-5-7-16/h3-9,12-13H,10-11,14H2,1-2H3. The lowest BCUT2D eigenvalue weighted by Gasteiger charge is -2.17. The van der Waals surface area contributed by atoms with E-state index in [0.29, 0.717) is 17.9 Å². The van der Waals surface area contributed by atoms with Gasteiger partial charge in [0.1, 0.15) is 17.9 Å². The maximum atomic E-state index is 11.5. The summed E-state index contributed by atoms with van der Waals surface area (Å²) in [4.78, 5) is 13.7. The van der Waals surface area contributed by atoms with Crippen molar-refractivity contribution >= 4 is 11.0 Å². The van der Waals surface area contributed by atoms with Crippen molar-refractivity contribution in [2.24, 2.45) is 0 Å². The van der Waals surface area contributed by atoms with E-state index in [4.69, 9.17) is 9.15 Å². The molecule has 3 aromatic rings. The Morgan fingerprint density at radius 1 is 1.08 bits per heavy atom. The summed E-state index contributed by atoms with van der Waals surface area (Å²) in [5.41, 5.74) is 2.42. The van der Waals surface area contributed by atoms with E-state index in [1.807, 2.05) is 37.3 Å². The average molecular weight is 323 g/mol. The number of fused-ring (bicyclic) bond motifs is 1. The monoisotopic (exact) mass is 323 g/mol. The summed E-state index contributed by atoms with van der Waals surface area (Å²) in [6.07, 6.45) is 0. The Kier molecular flexibility index (Phi) is 4.96. The normalized spacial score (nSPS) is 11.1. The Bertz CT molecular complexity index is 871. The molecule has 0 atom stereocenters. The van der Waals surface area contributed by atoms with Gasteiger partial charge in [0.15, 0.2) is 0 Å². The fraction of sp³-hybridized carbons (Fsp3) is 0.250. The predicted molar refractivity (Wildman–Crippen MR) is 95.5 cm³/mol. The number of nitrogens with zero attached hydrogens (tertiary/aromatic N) is 1. The Morgan fingerprint density at radius 2 is 1.88 bits per heavy atom.